The molecule has 0 atom stereocenters. The second kappa shape index (κ2) is 9.43. The van der Waals surface area contributed by atoms with E-state index in [0.29, 0.717) is 22.8 Å². The Labute approximate surface area is 184 Å². The average Bonchev–Trinajstić information content (AvgIpc) is 2.71. The minimum absolute atomic E-state index is 0.0260. The molecule has 0 bridgehead atoms. The van der Waals surface area contributed by atoms with Gasteiger partial charge in [-0.05, 0) is 62.4 Å². The van der Waals surface area contributed by atoms with E-state index in [-0.39, 0.29) is 16.4 Å². The number of hydrogen-bond donors (Lipinski definition) is 3. The molecule has 32 heavy (non-hydrogen) atoms. The summed E-state index contributed by atoms with van der Waals surface area (Å²) in [6.07, 6.45) is 0. The number of amides is 1. The van der Waals surface area contributed by atoms with E-state index in [1.54, 1.807) is 32.0 Å². The van der Waals surface area contributed by atoms with Crippen LogP contribution in [-0.4, -0.2) is 36.9 Å². The number of carbonyl (C=O) groups is 2. The van der Waals surface area contributed by atoms with Crippen molar-refractivity contribution in [2.45, 2.75) is 18.7 Å². The van der Waals surface area contributed by atoms with E-state index in [1.165, 1.54) is 36.4 Å². The van der Waals surface area contributed by atoms with Crippen LogP contribution in [0.15, 0.2) is 59.5 Å². The summed E-state index contributed by atoms with van der Waals surface area (Å²) in [6.45, 7) is 2.95. The maximum absolute atomic E-state index is 12.5. The second-order valence-electron chi connectivity index (χ2n) is 6.85. The van der Waals surface area contributed by atoms with E-state index >= 15 is 0 Å². The zero-order valence-corrected chi connectivity index (χ0v) is 18.1. The molecule has 1 heterocycles. The van der Waals surface area contributed by atoms with Crippen molar-refractivity contribution in [2.75, 3.05) is 22.4 Å². The van der Waals surface area contributed by atoms with Crippen LogP contribution < -0.4 is 15.8 Å². The van der Waals surface area contributed by atoms with Crippen LogP contribution in [-0.2, 0) is 19.6 Å². The molecule has 0 radical (unpaired) electrons. The number of rotatable bonds is 7. The predicted molar refractivity (Wildman–Crippen MR) is 119 cm³/mol. The molecule has 3 aromatic rings. The van der Waals surface area contributed by atoms with E-state index < -0.39 is 28.5 Å². The van der Waals surface area contributed by atoms with Gasteiger partial charge in [0.2, 0.25) is 5.95 Å². The van der Waals surface area contributed by atoms with Crippen molar-refractivity contribution in [3.05, 3.63) is 71.5 Å². The first-order valence-electron chi connectivity index (χ1n) is 9.40. The molecule has 0 aliphatic rings. The van der Waals surface area contributed by atoms with E-state index in [9.17, 15) is 18.0 Å². The topological polar surface area (TPSA) is 153 Å². The first-order valence-corrected chi connectivity index (χ1v) is 10.9. The van der Waals surface area contributed by atoms with E-state index in [1.807, 2.05) is 0 Å². The molecule has 0 saturated heterocycles. The number of nitrogens with zero attached hydrogens (tertiary/aromatic N) is 2. The van der Waals surface area contributed by atoms with E-state index in [4.69, 9.17) is 10.5 Å². The normalized spacial score (nSPS) is 10.9. The fraction of sp³-hybridized carbons (Fsp3) is 0.143. The number of nitrogens with two attached hydrogens (primary N) is 1. The number of carbonyl (C=O) groups excluding carboxylic acids is 2. The number of sulfonamides is 1. The fourth-order valence-corrected chi connectivity index (χ4v) is 3.69. The Morgan fingerprint density at radius 1 is 1.00 bits per heavy atom. The van der Waals surface area contributed by atoms with Gasteiger partial charge < -0.3 is 15.8 Å². The van der Waals surface area contributed by atoms with E-state index in [2.05, 4.69) is 20.0 Å². The van der Waals surface area contributed by atoms with Crippen molar-refractivity contribution >= 4 is 39.2 Å². The molecule has 0 spiro atoms. The lowest BCUT2D eigenvalue weighted by molar-refractivity contribution is -0.119. The number of aromatic nitrogens is 2. The molecule has 0 aliphatic carbocycles. The van der Waals surface area contributed by atoms with Crippen molar-refractivity contribution in [3.8, 4) is 0 Å². The predicted octanol–water partition coefficient (Wildman–Crippen LogP) is 2.27. The number of aryl methyl sites for hydroxylation is 2. The summed E-state index contributed by atoms with van der Waals surface area (Å²) in [5.74, 6) is -1.30. The molecular formula is C21H21N5O5S. The molecule has 10 nitrogen and oxygen atoms in total. The summed E-state index contributed by atoms with van der Waals surface area (Å²) in [4.78, 5) is 32.1. The lowest BCUT2D eigenvalue weighted by Crippen LogP contribution is -2.21. The molecule has 0 aliphatic heterocycles. The van der Waals surface area contributed by atoms with Gasteiger partial charge in [0.05, 0.1) is 10.5 Å². The average molecular weight is 455 g/mol. The van der Waals surface area contributed by atoms with Crippen molar-refractivity contribution in [3.63, 3.8) is 0 Å². The summed E-state index contributed by atoms with van der Waals surface area (Å²) < 4.78 is 32.4. The highest BCUT2D eigenvalue weighted by molar-refractivity contribution is 7.92. The molecule has 0 unspecified atom stereocenters. The van der Waals surface area contributed by atoms with Gasteiger partial charge in [0, 0.05) is 22.8 Å². The van der Waals surface area contributed by atoms with Gasteiger partial charge in [-0.1, -0.05) is 6.07 Å². The summed E-state index contributed by atoms with van der Waals surface area (Å²) in [5, 5.41) is 2.52. The first-order chi connectivity index (χ1) is 15.1. The van der Waals surface area contributed by atoms with Crippen LogP contribution >= 0.6 is 0 Å². The Balaban J connectivity index is 1.58. The van der Waals surface area contributed by atoms with Gasteiger partial charge in [0.1, 0.15) is 0 Å². The Hall–Kier alpha value is -3.99. The second-order valence-corrected chi connectivity index (χ2v) is 8.54. The van der Waals surface area contributed by atoms with Crippen LogP contribution in [0.2, 0.25) is 0 Å². The molecule has 11 heteroatoms. The zero-order chi connectivity index (χ0) is 23.3. The third kappa shape index (κ3) is 6.01. The molecule has 1 aromatic heterocycles. The lowest BCUT2D eigenvalue weighted by atomic mass is 10.2. The maximum Gasteiger partial charge on any atom is 0.338 e. The summed E-state index contributed by atoms with van der Waals surface area (Å²) in [6, 6.07) is 13.4. The summed E-state index contributed by atoms with van der Waals surface area (Å²) in [5.41, 5.74) is 7.83. The van der Waals surface area contributed by atoms with Crippen molar-refractivity contribution < 1.29 is 22.7 Å². The number of hydrogen-bond acceptors (Lipinski definition) is 8. The number of nitrogens with one attached hydrogen (secondary N) is 2. The van der Waals surface area contributed by atoms with Gasteiger partial charge in [0.25, 0.3) is 15.9 Å². The number of nitrogen functional groups attached to an aromatic ring is 1. The molecule has 1 amide bonds. The van der Waals surface area contributed by atoms with Gasteiger partial charge in [0.15, 0.2) is 6.61 Å². The molecule has 0 saturated carbocycles. The summed E-state index contributed by atoms with van der Waals surface area (Å²) >= 11 is 0. The number of anilines is 3. The van der Waals surface area contributed by atoms with Crippen LogP contribution in [0.3, 0.4) is 0 Å². The largest absolute Gasteiger partial charge is 0.452 e. The lowest BCUT2D eigenvalue weighted by Gasteiger charge is -2.10. The van der Waals surface area contributed by atoms with Crippen LogP contribution in [0.5, 0.6) is 0 Å². The van der Waals surface area contributed by atoms with Crippen LogP contribution in [0.25, 0.3) is 0 Å². The molecular weight excluding hydrogens is 434 g/mol. The van der Waals surface area contributed by atoms with Crippen molar-refractivity contribution in [2.24, 2.45) is 0 Å². The first kappa shape index (κ1) is 22.7. The third-order valence-corrected chi connectivity index (χ3v) is 5.46. The van der Waals surface area contributed by atoms with Gasteiger partial charge in [-0.2, -0.15) is 0 Å². The Morgan fingerprint density at radius 2 is 1.66 bits per heavy atom. The maximum atomic E-state index is 12.5. The van der Waals surface area contributed by atoms with Crippen LogP contribution in [0, 0.1) is 13.8 Å². The highest BCUT2D eigenvalue weighted by Gasteiger charge is 2.17. The number of ether oxygens (including phenoxy) is 1. The standard InChI is InChI=1S/C21H21N5O5S/c1-13-10-14(2)24-21(23-13)26-32(29,30)18-8-6-17(7-9-18)25-19(27)12-31-20(28)15-4-3-5-16(22)11-15/h3-11H,12,22H2,1-2H3,(H,25,27)(H,23,24,26). The SMILES string of the molecule is Cc1cc(C)nc(NS(=O)(=O)c2ccc(NC(=O)COC(=O)c3cccc(N)c3)cc2)n1. The van der Waals surface area contributed by atoms with Gasteiger partial charge in [-0.15, -0.1) is 0 Å². The van der Waals surface area contributed by atoms with Crippen LogP contribution in [0.1, 0.15) is 21.7 Å². The highest BCUT2D eigenvalue weighted by Crippen LogP contribution is 2.17. The third-order valence-electron chi connectivity index (χ3n) is 4.11. The quantitative estimate of drug-likeness (QED) is 0.362. The minimum atomic E-state index is -3.91. The summed E-state index contributed by atoms with van der Waals surface area (Å²) in [7, 11) is -3.91. The monoisotopic (exact) mass is 455 g/mol. The minimum Gasteiger partial charge on any atom is -0.452 e. The molecule has 3 rings (SSSR count). The molecule has 4 N–H and O–H groups in total. The van der Waals surface area contributed by atoms with Crippen LogP contribution in [0.4, 0.5) is 17.3 Å². The highest BCUT2D eigenvalue weighted by atomic mass is 32.2. The molecule has 2 aromatic carbocycles. The van der Waals surface area contributed by atoms with Gasteiger partial charge in [-0.25, -0.2) is 27.9 Å². The smallest absolute Gasteiger partial charge is 0.338 e. The van der Waals surface area contributed by atoms with Crippen molar-refractivity contribution in [1.82, 2.24) is 9.97 Å². The zero-order valence-electron chi connectivity index (χ0n) is 17.3. The molecule has 166 valence electrons. The number of esters is 1. The van der Waals surface area contributed by atoms with Gasteiger partial charge >= 0.3 is 5.97 Å². The Morgan fingerprint density at radius 3 is 2.28 bits per heavy atom. The Kier molecular flexibility index (Phi) is 6.69. The number of benzene rings is 2. The Bertz CT molecular complexity index is 1240. The van der Waals surface area contributed by atoms with E-state index in [0.717, 1.165) is 0 Å². The molecule has 0 fully saturated rings. The fourth-order valence-electron chi connectivity index (χ4n) is 2.75. The van der Waals surface area contributed by atoms with Crippen molar-refractivity contribution in [1.29, 1.82) is 0 Å². The van der Waals surface area contributed by atoms with Gasteiger partial charge in [-0.3, -0.25) is 4.79 Å².